The number of aromatic nitrogens is 1. The Kier molecular flexibility index (Phi) is 4.11. The van der Waals surface area contributed by atoms with E-state index in [4.69, 9.17) is 0 Å². The summed E-state index contributed by atoms with van der Waals surface area (Å²) in [4.78, 5) is 17.6. The Bertz CT molecular complexity index is 759. The van der Waals surface area contributed by atoms with Gasteiger partial charge in [0.05, 0.1) is 6.20 Å². The minimum atomic E-state index is -0.920. The minimum absolute atomic E-state index is 0.324. The number of rotatable bonds is 2. The number of nitrogens with zero attached hydrogens (tertiary/aromatic N) is 2. The van der Waals surface area contributed by atoms with Crippen LogP contribution in [0.4, 0.5) is 8.78 Å². The maximum Gasteiger partial charge on any atom is 0.275 e. The maximum atomic E-state index is 13.8. The molecule has 0 radical (unpaired) electrons. The average molecular weight is 316 g/mol. The lowest BCUT2D eigenvalue weighted by Gasteiger charge is -2.30. The van der Waals surface area contributed by atoms with E-state index < -0.39 is 17.5 Å². The summed E-state index contributed by atoms with van der Waals surface area (Å²) in [6.45, 7) is 5.22. The van der Waals surface area contributed by atoms with Crippen LogP contribution in [-0.2, 0) is 13.0 Å². The molecule has 3 nitrogen and oxygen atoms in total. The second kappa shape index (κ2) is 6.07. The highest BCUT2D eigenvalue weighted by molar-refractivity contribution is 5.92. The monoisotopic (exact) mass is 316 g/mol. The zero-order valence-corrected chi connectivity index (χ0v) is 13.1. The molecule has 0 saturated heterocycles. The molecule has 0 atom stereocenters. The van der Waals surface area contributed by atoms with Crippen molar-refractivity contribution >= 4 is 5.91 Å². The molecule has 23 heavy (non-hydrogen) atoms. The van der Waals surface area contributed by atoms with E-state index >= 15 is 0 Å². The number of carbonyl (C=O) groups excluding carboxylic acids is 1. The first-order valence-corrected chi connectivity index (χ1v) is 7.68. The molecule has 2 aromatic rings. The van der Waals surface area contributed by atoms with Crippen molar-refractivity contribution in [2.24, 2.45) is 0 Å². The number of amides is 1. The summed E-state index contributed by atoms with van der Waals surface area (Å²) in [6, 6.07) is 6.78. The van der Waals surface area contributed by atoms with Gasteiger partial charge in [0, 0.05) is 19.2 Å². The zero-order chi connectivity index (χ0) is 16.6. The lowest BCUT2D eigenvalue weighted by atomic mass is 9.89. The molecule has 0 aliphatic carbocycles. The molecule has 1 aliphatic heterocycles. The number of benzene rings is 1. The van der Waals surface area contributed by atoms with Crippen LogP contribution in [0.25, 0.3) is 0 Å². The third-order valence-corrected chi connectivity index (χ3v) is 4.22. The summed E-state index contributed by atoms with van der Waals surface area (Å²) in [6.07, 6.45) is 1.60. The number of hydrogen-bond donors (Lipinski definition) is 0. The van der Waals surface area contributed by atoms with Crippen LogP contribution in [0.3, 0.4) is 0 Å². The predicted octanol–water partition coefficient (Wildman–Crippen LogP) is 3.68. The number of hydrogen-bond acceptors (Lipinski definition) is 2. The highest BCUT2D eigenvalue weighted by Gasteiger charge is 2.26. The normalized spacial score (nSPS) is 14.0. The van der Waals surface area contributed by atoms with E-state index in [9.17, 15) is 13.6 Å². The fraction of sp³-hybridized carbons (Fsp3) is 0.333. The smallest absolute Gasteiger partial charge is 0.275 e. The maximum absolute atomic E-state index is 13.8. The summed E-state index contributed by atoms with van der Waals surface area (Å²) in [5.41, 5.74) is 3.33. The number of carbonyl (C=O) groups is 1. The molecule has 3 rings (SSSR count). The van der Waals surface area contributed by atoms with Gasteiger partial charge in [-0.1, -0.05) is 32.0 Å². The van der Waals surface area contributed by atoms with Crippen molar-refractivity contribution in [2.75, 3.05) is 6.54 Å². The van der Waals surface area contributed by atoms with Crippen molar-refractivity contribution in [3.63, 3.8) is 0 Å². The minimum Gasteiger partial charge on any atom is -0.333 e. The van der Waals surface area contributed by atoms with E-state index in [-0.39, 0.29) is 5.69 Å². The molecule has 2 heterocycles. The standard InChI is InChI=1S/C18H18F2N2O/c1-11(2)14-5-3-4-12-10-22(7-6-15(12)14)18(23)17-16(20)8-13(19)9-21-17/h3-5,8-9,11H,6-7,10H2,1-2H3. The van der Waals surface area contributed by atoms with Crippen molar-refractivity contribution < 1.29 is 13.6 Å². The van der Waals surface area contributed by atoms with E-state index in [0.29, 0.717) is 25.1 Å². The van der Waals surface area contributed by atoms with E-state index in [1.54, 1.807) is 4.90 Å². The van der Waals surface area contributed by atoms with Gasteiger partial charge in [0.15, 0.2) is 11.5 Å². The van der Waals surface area contributed by atoms with Gasteiger partial charge >= 0.3 is 0 Å². The van der Waals surface area contributed by atoms with Crippen LogP contribution >= 0.6 is 0 Å². The lowest BCUT2D eigenvalue weighted by molar-refractivity contribution is 0.0723. The predicted molar refractivity (Wildman–Crippen MR) is 83.1 cm³/mol. The van der Waals surface area contributed by atoms with Crippen molar-refractivity contribution in [3.8, 4) is 0 Å². The zero-order valence-electron chi connectivity index (χ0n) is 13.1. The Labute approximate surface area is 134 Å². The molecule has 0 spiro atoms. The first kappa shape index (κ1) is 15.6. The van der Waals surface area contributed by atoms with Gasteiger partial charge in [-0.15, -0.1) is 0 Å². The number of halogens is 2. The van der Waals surface area contributed by atoms with Gasteiger partial charge in [-0.2, -0.15) is 0 Å². The van der Waals surface area contributed by atoms with Gasteiger partial charge in [0.1, 0.15) is 5.82 Å². The van der Waals surface area contributed by atoms with Crippen molar-refractivity contribution in [3.05, 3.63) is 64.5 Å². The van der Waals surface area contributed by atoms with Crippen LogP contribution in [-0.4, -0.2) is 22.3 Å². The summed E-state index contributed by atoms with van der Waals surface area (Å²) in [5, 5.41) is 0. The van der Waals surface area contributed by atoms with Crippen LogP contribution in [0.2, 0.25) is 0 Å². The topological polar surface area (TPSA) is 33.2 Å². The molecule has 1 amide bonds. The molecule has 0 N–H and O–H groups in total. The molecular formula is C18H18F2N2O. The number of fused-ring (bicyclic) bond motifs is 1. The Balaban J connectivity index is 1.87. The second-order valence-corrected chi connectivity index (χ2v) is 6.10. The molecule has 1 aromatic heterocycles. The third-order valence-electron chi connectivity index (χ3n) is 4.22. The van der Waals surface area contributed by atoms with Gasteiger partial charge in [0.25, 0.3) is 5.91 Å². The van der Waals surface area contributed by atoms with Crippen LogP contribution in [0.5, 0.6) is 0 Å². The number of pyridine rings is 1. The van der Waals surface area contributed by atoms with Crippen molar-refractivity contribution in [1.29, 1.82) is 0 Å². The quantitative estimate of drug-likeness (QED) is 0.847. The molecule has 5 heteroatoms. The van der Waals surface area contributed by atoms with Crippen LogP contribution in [0.1, 0.15) is 46.9 Å². The Morgan fingerprint density at radius 3 is 2.78 bits per heavy atom. The summed E-state index contributed by atoms with van der Waals surface area (Å²) in [7, 11) is 0. The van der Waals surface area contributed by atoms with Crippen LogP contribution in [0, 0.1) is 11.6 Å². The van der Waals surface area contributed by atoms with Gasteiger partial charge in [-0.3, -0.25) is 4.79 Å². The van der Waals surface area contributed by atoms with Crippen LogP contribution in [0.15, 0.2) is 30.5 Å². The van der Waals surface area contributed by atoms with Crippen molar-refractivity contribution in [1.82, 2.24) is 9.88 Å². The van der Waals surface area contributed by atoms with Gasteiger partial charge in [-0.25, -0.2) is 13.8 Å². The average Bonchev–Trinajstić information content (AvgIpc) is 2.53. The third kappa shape index (κ3) is 2.96. The second-order valence-electron chi connectivity index (χ2n) is 6.10. The molecule has 1 aliphatic rings. The first-order chi connectivity index (χ1) is 11.0. The molecule has 1 aromatic carbocycles. The summed E-state index contributed by atoms with van der Waals surface area (Å²) < 4.78 is 26.7. The SMILES string of the molecule is CC(C)c1cccc2c1CCN(C(=O)c1ncc(F)cc1F)C2. The highest BCUT2D eigenvalue weighted by Crippen LogP contribution is 2.28. The molecule has 0 saturated carbocycles. The van der Waals surface area contributed by atoms with E-state index in [1.807, 2.05) is 12.1 Å². The van der Waals surface area contributed by atoms with Gasteiger partial charge in [-0.05, 0) is 29.0 Å². The van der Waals surface area contributed by atoms with Crippen LogP contribution < -0.4 is 0 Å². The molecule has 0 unspecified atom stereocenters. The Hall–Kier alpha value is -2.30. The van der Waals surface area contributed by atoms with E-state index in [1.165, 1.54) is 11.1 Å². The molecule has 0 bridgehead atoms. The van der Waals surface area contributed by atoms with Gasteiger partial charge in [0.2, 0.25) is 0 Å². The fourth-order valence-corrected chi connectivity index (χ4v) is 3.07. The molecule has 0 fully saturated rings. The molecular weight excluding hydrogens is 298 g/mol. The molecule has 120 valence electrons. The Morgan fingerprint density at radius 1 is 1.30 bits per heavy atom. The van der Waals surface area contributed by atoms with Crippen molar-refractivity contribution in [2.45, 2.75) is 32.7 Å². The first-order valence-electron chi connectivity index (χ1n) is 7.68. The summed E-state index contributed by atoms with van der Waals surface area (Å²) in [5.74, 6) is -1.78. The Morgan fingerprint density at radius 2 is 2.09 bits per heavy atom. The summed E-state index contributed by atoms with van der Waals surface area (Å²) >= 11 is 0. The fourth-order valence-electron chi connectivity index (χ4n) is 3.07. The largest absolute Gasteiger partial charge is 0.333 e. The van der Waals surface area contributed by atoms with Gasteiger partial charge < -0.3 is 4.90 Å². The van der Waals surface area contributed by atoms with E-state index in [2.05, 4.69) is 24.9 Å². The van der Waals surface area contributed by atoms with E-state index in [0.717, 1.165) is 18.2 Å². The highest BCUT2D eigenvalue weighted by atomic mass is 19.1. The lowest BCUT2D eigenvalue weighted by Crippen LogP contribution is -2.37.